The van der Waals surface area contributed by atoms with Gasteiger partial charge >= 0.3 is 0 Å². The van der Waals surface area contributed by atoms with Crippen molar-refractivity contribution in [2.75, 3.05) is 6.54 Å². The van der Waals surface area contributed by atoms with Crippen molar-refractivity contribution >= 4 is 11.7 Å². The fraction of sp³-hybridized carbons (Fsp3) is 0.778. The molecule has 0 unspecified atom stereocenters. The van der Waals surface area contributed by atoms with Crippen LogP contribution < -0.4 is 0 Å². The van der Waals surface area contributed by atoms with Gasteiger partial charge in [0.1, 0.15) is 0 Å². The molecule has 12 heavy (non-hydrogen) atoms. The predicted molar refractivity (Wildman–Crippen MR) is 43.6 cm³/mol. The Bertz CT molecular complexity index is 225. The van der Waals surface area contributed by atoms with Gasteiger partial charge in [-0.1, -0.05) is 0 Å². The van der Waals surface area contributed by atoms with Crippen molar-refractivity contribution < 1.29 is 9.59 Å². The highest BCUT2D eigenvalue weighted by Gasteiger charge is 2.36. The summed E-state index contributed by atoms with van der Waals surface area (Å²) in [7, 11) is 0. The van der Waals surface area contributed by atoms with E-state index in [-0.39, 0.29) is 17.7 Å². The van der Waals surface area contributed by atoms with Gasteiger partial charge in [-0.3, -0.25) is 9.59 Å². The average Bonchev–Trinajstić information content (AvgIpc) is 2.30. The van der Waals surface area contributed by atoms with Gasteiger partial charge in [0.25, 0.3) is 0 Å². The summed E-state index contributed by atoms with van der Waals surface area (Å²) in [5.41, 5.74) is 0. The summed E-state index contributed by atoms with van der Waals surface area (Å²) >= 11 is 0. The number of hydrogen-bond donors (Lipinski definition) is 0. The Labute approximate surface area is 71.7 Å². The van der Waals surface area contributed by atoms with Crippen molar-refractivity contribution in [2.24, 2.45) is 0 Å². The monoisotopic (exact) mass is 167 g/mol. The number of hydrogen-bond acceptors (Lipinski definition) is 2. The number of carbonyl (C=O) groups excluding carboxylic acids is 2. The molecule has 0 aromatic carbocycles. The van der Waals surface area contributed by atoms with Gasteiger partial charge in [-0.05, 0) is 19.3 Å². The van der Waals surface area contributed by atoms with Gasteiger partial charge in [0.2, 0.25) is 5.91 Å². The maximum atomic E-state index is 11.4. The summed E-state index contributed by atoms with van der Waals surface area (Å²) < 4.78 is 0. The van der Waals surface area contributed by atoms with Crippen LogP contribution in [0.15, 0.2) is 0 Å². The molecule has 2 saturated heterocycles. The van der Waals surface area contributed by atoms with Gasteiger partial charge < -0.3 is 4.90 Å². The van der Waals surface area contributed by atoms with Gasteiger partial charge in [-0.15, -0.1) is 0 Å². The van der Waals surface area contributed by atoms with Crippen LogP contribution >= 0.6 is 0 Å². The largest absolute Gasteiger partial charge is 0.333 e. The molecular formula is C9H13NO2. The van der Waals surface area contributed by atoms with Crippen LogP contribution in [0.5, 0.6) is 0 Å². The van der Waals surface area contributed by atoms with E-state index < -0.39 is 0 Å². The molecule has 0 aliphatic carbocycles. The quantitative estimate of drug-likeness (QED) is 0.533. The van der Waals surface area contributed by atoms with E-state index in [1.165, 1.54) is 0 Å². The minimum absolute atomic E-state index is 0.0556. The minimum atomic E-state index is -0.0556. The smallest absolute Gasteiger partial charge is 0.223 e. The third-order valence-corrected chi connectivity index (χ3v) is 2.77. The highest BCUT2D eigenvalue weighted by molar-refractivity contribution is 5.92. The van der Waals surface area contributed by atoms with Crippen molar-refractivity contribution in [3.05, 3.63) is 0 Å². The van der Waals surface area contributed by atoms with Crippen LogP contribution in [0.25, 0.3) is 0 Å². The van der Waals surface area contributed by atoms with Crippen molar-refractivity contribution in [3.8, 4) is 0 Å². The molecule has 2 aliphatic heterocycles. The Morgan fingerprint density at radius 3 is 2.83 bits per heavy atom. The molecule has 1 atom stereocenters. The van der Waals surface area contributed by atoms with Gasteiger partial charge in [-0.2, -0.15) is 0 Å². The third kappa shape index (κ3) is 1.13. The first-order valence-corrected chi connectivity index (χ1v) is 4.61. The summed E-state index contributed by atoms with van der Waals surface area (Å²) in [6.45, 7) is 0.801. The molecule has 2 rings (SSSR count). The highest BCUT2D eigenvalue weighted by Crippen LogP contribution is 2.24. The number of ketones is 1. The lowest BCUT2D eigenvalue weighted by atomic mass is 10.1. The van der Waals surface area contributed by atoms with E-state index in [9.17, 15) is 9.59 Å². The lowest BCUT2D eigenvalue weighted by molar-refractivity contribution is -0.133. The SMILES string of the molecule is O=C1CCCCN2C(=O)CC[C@@H]12. The third-order valence-electron chi connectivity index (χ3n) is 2.77. The molecule has 0 N–H and O–H groups in total. The van der Waals surface area contributed by atoms with E-state index in [0.29, 0.717) is 12.8 Å². The molecule has 2 heterocycles. The molecule has 3 heteroatoms. The van der Waals surface area contributed by atoms with E-state index in [2.05, 4.69) is 0 Å². The highest BCUT2D eigenvalue weighted by atomic mass is 16.2. The van der Waals surface area contributed by atoms with E-state index in [1.54, 1.807) is 4.90 Å². The molecular weight excluding hydrogens is 154 g/mol. The van der Waals surface area contributed by atoms with E-state index >= 15 is 0 Å². The van der Waals surface area contributed by atoms with Crippen molar-refractivity contribution in [1.82, 2.24) is 4.90 Å². The second kappa shape index (κ2) is 2.88. The lowest BCUT2D eigenvalue weighted by Crippen LogP contribution is -2.37. The lowest BCUT2D eigenvalue weighted by Gasteiger charge is -2.20. The second-order valence-corrected chi connectivity index (χ2v) is 3.57. The molecule has 0 saturated carbocycles. The topological polar surface area (TPSA) is 37.4 Å². The zero-order valence-electron chi connectivity index (χ0n) is 7.08. The normalized spacial score (nSPS) is 30.3. The van der Waals surface area contributed by atoms with Crippen LogP contribution in [0.2, 0.25) is 0 Å². The molecule has 0 radical (unpaired) electrons. The van der Waals surface area contributed by atoms with Crippen LogP contribution in [0.1, 0.15) is 32.1 Å². The number of Topliss-reactive ketones (excluding diaryl/α,β-unsaturated/α-hetero) is 1. The molecule has 0 aromatic heterocycles. The fourth-order valence-electron chi connectivity index (χ4n) is 2.10. The Morgan fingerprint density at radius 1 is 1.17 bits per heavy atom. The number of carbonyl (C=O) groups is 2. The molecule has 0 bridgehead atoms. The molecule has 2 fully saturated rings. The first-order chi connectivity index (χ1) is 5.79. The summed E-state index contributed by atoms with van der Waals surface area (Å²) in [6, 6.07) is -0.0556. The molecule has 0 aromatic rings. The van der Waals surface area contributed by atoms with Crippen molar-refractivity contribution in [2.45, 2.75) is 38.1 Å². The molecule has 66 valence electrons. The summed E-state index contributed by atoms with van der Waals surface area (Å²) in [5.74, 6) is 0.452. The van der Waals surface area contributed by atoms with Crippen molar-refractivity contribution in [3.63, 3.8) is 0 Å². The predicted octanol–water partition coefficient (Wildman–Crippen LogP) is 0.730. The maximum Gasteiger partial charge on any atom is 0.223 e. The maximum absolute atomic E-state index is 11.4. The first-order valence-electron chi connectivity index (χ1n) is 4.61. The fourth-order valence-corrected chi connectivity index (χ4v) is 2.10. The zero-order valence-corrected chi connectivity index (χ0v) is 7.08. The van der Waals surface area contributed by atoms with Crippen LogP contribution in [-0.4, -0.2) is 29.2 Å². The number of amides is 1. The molecule has 3 nitrogen and oxygen atoms in total. The van der Waals surface area contributed by atoms with Crippen LogP contribution in [0, 0.1) is 0 Å². The van der Waals surface area contributed by atoms with Crippen LogP contribution in [-0.2, 0) is 9.59 Å². The Balaban J connectivity index is 2.18. The first kappa shape index (κ1) is 7.77. The minimum Gasteiger partial charge on any atom is -0.333 e. The average molecular weight is 167 g/mol. The van der Waals surface area contributed by atoms with Crippen LogP contribution in [0.4, 0.5) is 0 Å². The Hall–Kier alpha value is -0.860. The molecule has 2 aliphatic rings. The van der Waals surface area contributed by atoms with Gasteiger partial charge in [-0.25, -0.2) is 0 Å². The van der Waals surface area contributed by atoms with Crippen molar-refractivity contribution in [1.29, 1.82) is 0 Å². The van der Waals surface area contributed by atoms with Gasteiger partial charge in [0, 0.05) is 19.4 Å². The number of nitrogens with zero attached hydrogens (tertiary/aromatic N) is 1. The Kier molecular flexibility index (Phi) is 1.87. The summed E-state index contributed by atoms with van der Waals surface area (Å²) in [4.78, 5) is 24.5. The summed E-state index contributed by atoms with van der Waals surface area (Å²) in [5, 5.41) is 0. The number of rotatable bonds is 0. The van der Waals surface area contributed by atoms with E-state index in [1.807, 2.05) is 0 Å². The zero-order chi connectivity index (χ0) is 8.55. The second-order valence-electron chi connectivity index (χ2n) is 3.57. The molecule has 1 amide bonds. The van der Waals surface area contributed by atoms with Gasteiger partial charge in [0.15, 0.2) is 5.78 Å². The standard InChI is InChI=1S/C9H13NO2/c11-8-3-1-2-6-10-7(8)4-5-9(10)12/h7H,1-6H2/t7-/m0/s1. The number of fused-ring (bicyclic) bond motifs is 1. The molecule has 0 spiro atoms. The van der Waals surface area contributed by atoms with E-state index in [0.717, 1.165) is 25.8 Å². The van der Waals surface area contributed by atoms with E-state index in [4.69, 9.17) is 0 Å². The summed E-state index contributed by atoms with van der Waals surface area (Å²) in [6.07, 6.45) is 3.97. The van der Waals surface area contributed by atoms with Gasteiger partial charge in [0.05, 0.1) is 6.04 Å². The van der Waals surface area contributed by atoms with Crippen LogP contribution in [0.3, 0.4) is 0 Å². The Morgan fingerprint density at radius 2 is 2.00 bits per heavy atom.